The smallest absolute Gasteiger partial charge is 0.337 e. The first-order chi connectivity index (χ1) is 16.3. The molecule has 8 heteroatoms. The van der Waals surface area contributed by atoms with Crippen molar-refractivity contribution >= 4 is 39.1 Å². The van der Waals surface area contributed by atoms with E-state index in [1.807, 2.05) is 17.5 Å². The molecular weight excluding hydrogens is 450 g/mol. The maximum absolute atomic E-state index is 13.4. The second kappa shape index (κ2) is 9.61. The highest BCUT2D eigenvalue weighted by molar-refractivity contribution is 7.17. The van der Waals surface area contributed by atoms with E-state index >= 15 is 0 Å². The van der Waals surface area contributed by atoms with Crippen LogP contribution >= 0.6 is 11.3 Å². The molecular formula is C26H25N3O4S. The second-order valence-electron chi connectivity index (χ2n) is 8.30. The molecule has 0 radical (unpaired) electrons. The number of rotatable bonds is 6. The lowest BCUT2D eigenvalue weighted by Crippen LogP contribution is -2.31. The molecule has 0 aliphatic heterocycles. The van der Waals surface area contributed by atoms with Gasteiger partial charge in [0, 0.05) is 16.6 Å². The van der Waals surface area contributed by atoms with Gasteiger partial charge in [-0.15, -0.1) is 11.3 Å². The van der Waals surface area contributed by atoms with Gasteiger partial charge in [0.25, 0.3) is 5.56 Å². The van der Waals surface area contributed by atoms with Crippen LogP contribution in [0, 0.1) is 0 Å². The number of ether oxygens (including phenoxy) is 1. The van der Waals surface area contributed by atoms with Crippen molar-refractivity contribution in [2.75, 3.05) is 12.4 Å². The third-order valence-corrected chi connectivity index (χ3v) is 6.64. The van der Waals surface area contributed by atoms with Crippen molar-refractivity contribution in [1.29, 1.82) is 0 Å². The number of methoxy groups -OCH3 is 1. The minimum atomic E-state index is -0.817. The molecule has 0 saturated heterocycles. The Morgan fingerprint density at radius 2 is 1.82 bits per heavy atom. The van der Waals surface area contributed by atoms with Crippen molar-refractivity contribution in [3.63, 3.8) is 0 Å². The number of amides is 1. The van der Waals surface area contributed by atoms with Gasteiger partial charge in [-0.25, -0.2) is 9.78 Å². The molecule has 2 heterocycles. The van der Waals surface area contributed by atoms with Crippen LogP contribution in [0.1, 0.15) is 48.7 Å². The van der Waals surface area contributed by atoms with Crippen molar-refractivity contribution in [3.05, 3.63) is 81.7 Å². The predicted molar refractivity (Wildman–Crippen MR) is 135 cm³/mol. The van der Waals surface area contributed by atoms with Gasteiger partial charge in [0.2, 0.25) is 5.91 Å². The molecule has 1 N–H and O–H groups in total. The zero-order valence-electron chi connectivity index (χ0n) is 19.4. The largest absolute Gasteiger partial charge is 0.465 e. The third kappa shape index (κ3) is 4.49. The van der Waals surface area contributed by atoms with E-state index in [9.17, 15) is 14.4 Å². The molecule has 0 saturated carbocycles. The minimum absolute atomic E-state index is 0.278. The number of benzene rings is 2. The van der Waals surface area contributed by atoms with Crippen molar-refractivity contribution in [3.8, 4) is 11.1 Å². The Hall–Kier alpha value is -3.78. The summed E-state index contributed by atoms with van der Waals surface area (Å²) in [6, 6.07) is 13.8. The number of carbonyl (C=O) groups is 2. The number of aromatic nitrogens is 2. The molecule has 174 valence electrons. The van der Waals surface area contributed by atoms with Crippen LogP contribution in [-0.4, -0.2) is 28.5 Å². The Morgan fingerprint density at radius 3 is 2.50 bits per heavy atom. The summed E-state index contributed by atoms with van der Waals surface area (Å²) in [5, 5.41) is 5.18. The number of thiophene rings is 1. The zero-order valence-corrected chi connectivity index (χ0v) is 20.2. The molecule has 2 aromatic heterocycles. The van der Waals surface area contributed by atoms with E-state index in [0.717, 1.165) is 11.1 Å². The molecule has 1 atom stereocenters. The molecule has 34 heavy (non-hydrogen) atoms. The van der Waals surface area contributed by atoms with E-state index in [0.29, 0.717) is 27.4 Å². The van der Waals surface area contributed by atoms with Crippen LogP contribution in [-0.2, 0) is 9.53 Å². The van der Waals surface area contributed by atoms with Crippen molar-refractivity contribution in [2.24, 2.45) is 0 Å². The van der Waals surface area contributed by atoms with Crippen molar-refractivity contribution in [2.45, 2.75) is 32.7 Å². The van der Waals surface area contributed by atoms with Gasteiger partial charge in [0.15, 0.2) is 0 Å². The number of nitrogens with zero attached hydrogens (tertiary/aromatic N) is 2. The highest BCUT2D eigenvalue weighted by atomic mass is 32.1. The third-order valence-electron chi connectivity index (χ3n) is 5.76. The molecule has 0 aliphatic rings. The van der Waals surface area contributed by atoms with E-state index in [-0.39, 0.29) is 5.56 Å². The predicted octanol–water partition coefficient (Wildman–Crippen LogP) is 5.23. The number of fused-ring (bicyclic) bond motifs is 1. The number of hydrogen-bond donors (Lipinski definition) is 1. The summed E-state index contributed by atoms with van der Waals surface area (Å²) in [7, 11) is 1.29. The average molecular weight is 476 g/mol. The van der Waals surface area contributed by atoms with Gasteiger partial charge in [0.05, 0.1) is 24.4 Å². The second-order valence-corrected chi connectivity index (χ2v) is 9.16. The fraction of sp³-hybridized carbons (Fsp3) is 0.231. The van der Waals surface area contributed by atoms with Crippen LogP contribution < -0.4 is 10.9 Å². The molecule has 0 fully saturated rings. The Labute approximate surface area is 201 Å². The van der Waals surface area contributed by atoms with Crippen LogP contribution in [0.5, 0.6) is 0 Å². The van der Waals surface area contributed by atoms with Gasteiger partial charge < -0.3 is 10.1 Å². The maximum Gasteiger partial charge on any atom is 0.337 e. The molecule has 0 aliphatic carbocycles. The topological polar surface area (TPSA) is 90.3 Å². The minimum Gasteiger partial charge on any atom is -0.465 e. The van der Waals surface area contributed by atoms with Crippen LogP contribution in [0.15, 0.2) is 65.0 Å². The Morgan fingerprint density at radius 1 is 1.09 bits per heavy atom. The fourth-order valence-corrected chi connectivity index (χ4v) is 4.60. The standard InChI is InChI=1S/C26H25N3O4S/c1-15(2)17-8-10-18(11-9-17)21-13-34-24-22(21)25(31)29(14-27-24)16(3)23(30)28-20-7-5-6-19(12-20)26(32)33-4/h5-16H,1-4H3,(H,28,30). The Kier molecular flexibility index (Phi) is 6.61. The van der Waals surface area contributed by atoms with E-state index in [1.54, 1.807) is 25.1 Å². The average Bonchev–Trinajstić information content (AvgIpc) is 3.28. The van der Waals surface area contributed by atoms with Gasteiger partial charge >= 0.3 is 5.97 Å². The molecule has 7 nitrogen and oxygen atoms in total. The van der Waals surface area contributed by atoms with E-state index < -0.39 is 17.9 Å². The number of carbonyl (C=O) groups excluding carboxylic acids is 2. The Bertz CT molecular complexity index is 1420. The monoisotopic (exact) mass is 475 g/mol. The summed E-state index contributed by atoms with van der Waals surface area (Å²) >= 11 is 1.40. The molecule has 4 aromatic rings. The summed E-state index contributed by atoms with van der Waals surface area (Å²) in [6.45, 7) is 5.91. The zero-order chi connectivity index (χ0) is 24.4. The number of nitrogens with one attached hydrogen (secondary N) is 1. The fourth-order valence-electron chi connectivity index (χ4n) is 3.70. The van der Waals surface area contributed by atoms with Crippen LogP contribution in [0.25, 0.3) is 21.3 Å². The summed E-state index contributed by atoms with van der Waals surface area (Å²) < 4.78 is 6.06. The van der Waals surface area contributed by atoms with Gasteiger partial charge in [-0.1, -0.05) is 44.2 Å². The number of hydrogen-bond acceptors (Lipinski definition) is 6. The highest BCUT2D eigenvalue weighted by Gasteiger charge is 2.21. The van der Waals surface area contributed by atoms with Gasteiger partial charge in [-0.05, 0) is 42.2 Å². The molecule has 1 unspecified atom stereocenters. The maximum atomic E-state index is 13.4. The Balaban J connectivity index is 1.65. The summed E-state index contributed by atoms with van der Waals surface area (Å²) in [5.74, 6) is -0.482. The molecule has 1 amide bonds. The first-order valence-electron chi connectivity index (χ1n) is 10.9. The molecule has 4 rings (SSSR count). The van der Waals surface area contributed by atoms with Gasteiger partial charge in [-0.2, -0.15) is 0 Å². The lowest BCUT2D eigenvalue weighted by Gasteiger charge is -2.15. The van der Waals surface area contributed by atoms with E-state index in [4.69, 9.17) is 4.74 Å². The van der Waals surface area contributed by atoms with Crippen LogP contribution in [0.2, 0.25) is 0 Å². The summed E-state index contributed by atoms with van der Waals surface area (Å²) in [4.78, 5) is 43.2. The summed E-state index contributed by atoms with van der Waals surface area (Å²) in [6.07, 6.45) is 1.40. The van der Waals surface area contributed by atoms with Gasteiger partial charge in [0.1, 0.15) is 10.9 Å². The summed E-state index contributed by atoms with van der Waals surface area (Å²) in [5.41, 5.74) is 3.44. The lowest BCUT2D eigenvalue weighted by atomic mass is 9.99. The molecule has 0 spiro atoms. The normalized spacial score (nSPS) is 12.0. The highest BCUT2D eigenvalue weighted by Crippen LogP contribution is 2.31. The SMILES string of the molecule is COC(=O)c1cccc(NC(=O)C(C)n2cnc3scc(-c4ccc(C(C)C)cc4)c3c2=O)c1. The van der Waals surface area contributed by atoms with Crippen LogP contribution in [0.3, 0.4) is 0 Å². The molecule has 0 bridgehead atoms. The first kappa shape index (κ1) is 23.4. The van der Waals surface area contributed by atoms with Gasteiger partial charge in [-0.3, -0.25) is 14.2 Å². The van der Waals surface area contributed by atoms with E-state index in [2.05, 4.69) is 36.3 Å². The lowest BCUT2D eigenvalue weighted by molar-refractivity contribution is -0.118. The first-order valence-corrected chi connectivity index (χ1v) is 11.8. The quantitative estimate of drug-likeness (QED) is 0.386. The number of anilines is 1. The van der Waals surface area contributed by atoms with Crippen LogP contribution in [0.4, 0.5) is 5.69 Å². The van der Waals surface area contributed by atoms with Crippen molar-refractivity contribution < 1.29 is 14.3 Å². The number of esters is 1. The molecule has 2 aromatic carbocycles. The van der Waals surface area contributed by atoms with Crippen molar-refractivity contribution in [1.82, 2.24) is 9.55 Å². The van der Waals surface area contributed by atoms with E-state index in [1.165, 1.54) is 41.0 Å².